The van der Waals surface area contributed by atoms with Gasteiger partial charge in [-0.2, -0.15) is 0 Å². The van der Waals surface area contributed by atoms with E-state index in [-0.39, 0.29) is 12.6 Å². The highest BCUT2D eigenvalue weighted by atomic mass is 16.3. The second kappa shape index (κ2) is 5.77. The van der Waals surface area contributed by atoms with Gasteiger partial charge in [-0.1, -0.05) is 6.92 Å². The Bertz CT molecular complexity index is 288. The van der Waals surface area contributed by atoms with Crippen LogP contribution in [0.1, 0.15) is 26.1 Å². The van der Waals surface area contributed by atoms with Crippen molar-refractivity contribution in [3.63, 3.8) is 0 Å². The topological polar surface area (TPSA) is 67.1 Å². The first kappa shape index (κ1) is 12.1. The largest absolute Gasteiger partial charge is 0.395 e. The van der Waals surface area contributed by atoms with Gasteiger partial charge in [0.25, 0.3) is 0 Å². The van der Waals surface area contributed by atoms with Crippen LogP contribution in [0, 0.1) is 0 Å². The molecule has 0 bridgehead atoms. The van der Waals surface area contributed by atoms with E-state index in [9.17, 15) is 0 Å². The number of aryl methyl sites for hydroxylation is 1. The Morgan fingerprint density at radius 2 is 2.27 bits per heavy atom. The number of aliphatic hydroxyl groups excluding tert-OH is 1. The highest BCUT2D eigenvalue weighted by Crippen LogP contribution is 2.02. The van der Waals surface area contributed by atoms with Crippen LogP contribution in [0.25, 0.3) is 0 Å². The molecule has 1 rings (SSSR count). The molecule has 86 valence electrons. The summed E-state index contributed by atoms with van der Waals surface area (Å²) in [5.74, 6) is 0.847. The van der Waals surface area contributed by atoms with Crippen LogP contribution in [0.5, 0.6) is 0 Å². The lowest BCUT2D eigenvalue weighted by atomic mass is 10.3. The molecule has 1 unspecified atom stereocenters. The normalized spacial score (nSPS) is 13.4. The van der Waals surface area contributed by atoms with Crippen LogP contribution in [0.4, 0.5) is 0 Å². The molecule has 0 fully saturated rings. The summed E-state index contributed by atoms with van der Waals surface area (Å²) in [5, 5.41) is 20.5. The Hall–Kier alpha value is -1.01. The van der Waals surface area contributed by atoms with Crippen molar-refractivity contribution in [2.75, 3.05) is 13.7 Å². The highest BCUT2D eigenvalue weighted by Gasteiger charge is 2.12. The molecule has 0 aliphatic rings. The van der Waals surface area contributed by atoms with Gasteiger partial charge in [-0.25, -0.2) is 4.68 Å². The van der Waals surface area contributed by atoms with Crippen LogP contribution in [0.15, 0.2) is 0 Å². The van der Waals surface area contributed by atoms with Gasteiger partial charge in [-0.3, -0.25) is 4.90 Å². The van der Waals surface area contributed by atoms with E-state index < -0.39 is 0 Å². The molecule has 0 radical (unpaired) electrons. The van der Waals surface area contributed by atoms with Crippen LogP contribution in [0.3, 0.4) is 0 Å². The minimum absolute atomic E-state index is 0.122. The molecule has 1 heterocycles. The number of rotatable bonds is 6. The zero-order chi connectivity index (χ0) is 11.3. The monoisotopic (exact) mass is 213 g/mol. The molecule has 0 saturated carbocycles. The predicted octanol–water partition coefficient (Wildman–Crippen LogP) is -0.104. The van der Waals surface area contributed by atoms with Gasteiger partial charge in [0, 0.05) is 12.6 Å². The van der Waals surface area contributed by atoms with E-state index in [1.807, 2.05) is 18.9 Å². The van der Waals surface area contributed by atoms with Crippen molar-refractivity contribution in [2.45, 2.75) is 39.4 Å². The van der Waals surface area contributed by atoms with E-state index in [1.54, 1.807) is 4.68 Å². The van der Waals surface area contributed by atoms with Crippen molar-refractivity contribution in [2.24, 2.45) is 0 Å². The van der Waals surface area contributed by atoms with E-state index in [4.69, 9.17) is 5.11 Å². The molecule has 1 aromatic rings. The van der Waals surface area contributed by atoms with Crippen LogP contribution >= 0.6 is 0 Å². The van der Waals surface area contributed by atoms with Crippen molar-refractivity contribution in [1.29, 1.82) is 0 Å². The molecule has 0 amide bonds. The molecule has 0 aromatic carbocycles. The minimum atomic E-state index is 0.122. The van der Waals surface area contributed by atoms with Crippen LogP contribution < -0.4 is 0 Å². The Morgan fingerprint density at radius 3 is 2.87 bits per heavy atom. The Balaban J connectivity index is 2.59. The fourth-order valence-electron chi connectivity index (χ4n) is 1.24. The van der Waals surface area contributed by atoms with E-state index in [1.165, 1.54) is 0 Å². The Kier molecular flexibility index (Phi) is 4.64. The highest BCUT2D eigenvalue weighted by molar-refractivity contribution is 4.81. The summed E-state index contributed by atoms with van der Waals surface area (Å²) >= 11 is 0. The number of aliphatic hydroxyl groups is 1. The fraction of sp³-hybridized carbons (Fsp3) is 0.889. The number of nitrogens with zero attached hydrogens (tertiary/aromatic N) is 5. The maximum atomic E-state index is 9.01. The number of tetrazole rings is 1. The summed E-state index contributed by atoms with van der Waals surface area (Å²) < 4.78 is 1.81. The van der Waals surface area contributed by atoms with Crippen molar-refractivity contribution < 1.29 is 5.11 Å². The van der Waals surface area contributed by atoms with Gasteiger partial charge in [-0.15, -0.1) is 5.10 Å². The smallest absolute Gasteiger partial charge is 0.165 e. The lowest BCUT2D eigenvalue weighted by Crippen LogP contribution is -2.32. The van der Waals surface area contributed by atoms with Gasteiger partial charge < -0.3 is 5.11 Å². The second-order valence-electron chi connectivity index (χ2n) is 3.76. The summed E-state index contributed by atoms with van der Waals surface area (Å²) in [5.41, 5.74) is 0. The molecule has 0 saturated heterocycles. The van der Waals surface area contributed by atoms with Crippen molar-refractivity contribution in [1.82, 2.24) is 25.1 Å². The third kappa shape index (κ3) is 3.24. The average Bonchev–Trinajstić information content (AvgIpc) is 2.65. The predicted molar refractivity (Wildman–Crippen MR) is 56.1 cm³/mol. The summed E-state index contributed by atoms with van der Waals surface area (Å²) in [4.78, 5) is 2.03. The van der Waals surface area contributed by atoms with Gasteiger partial charge in [-0.05, 0) is 30.8 Å². The van der Waals surface area contributed by atoms with Gasteiger partial charge >= 0.3 is 0 Å². The zero-order valence-corrected chi connectivity index (χ0v) is 9.59. The maximum absolute atomic E-state index is 9.01. The number of hydrogen-bond acceptors (Lipinski definition) is 5. The van der Waals surface area contributed by atoms with Crippen molar-refractivity contribution >= 4 is 0 Å². The third-order valence-corrected chi connectivity index (χ3v) is 2.45. The minimum Gasteiger partial charge on any atom is -0.395 e. The molecule has 6 nitrogen and oxygen atoms in total. The number of likely N-dealkylation sites (N-methyl/N-ethyl adjacent to an activating group) is 1. The molecule has 1 N–H and O–H groups in total. The number of hydrogen-bond donors (Lipinski definition) is 1. The molecular weight excluding hydrogens is 194 g/mol. The fourth-order valence-corrected chi connectivity index (χ4v) is 1.24. The van der Waals surface area contributed by atoms with Crippen LogP contribution in [0.2, 0.25) is 0 Å². The lowest BCUT2D eigenvalue weighted by Gasteiger charge is -2.21. The molecular formula is C9H19N5O. The first-order valence-electron chi connectivity index (χ1n) is 5.25. The van der Waals surface area contributed by atoms with Crippen LogP contribution in [-0.4, -0.2) is 49.9 Å². The van der Waals surface area contributed by atoms with E-state index in [2.05, 4.69) is 22.4 Å². The van der Waals surface area contributed by atoms with Gasteiger partial charge in [0.15, 0.2) is 5.82 Å². The Labute approximate surface area is 89.9 Å². The summed E-state index contributed by atoms with van der Waals surface area (Å²) in [6.07, 6.45) is 1.01. The molecule has 1 atom stereocenters. The van der Waals surface area contributed by atoms with E-state index in [0.29, 0.717) is 6.54 Å². The molecule has 0 aliphatic heterocycles. The van der Waals surface area contributed by atoms with E-state index in [0.717, 1.165) is 18.8 Å². The van der Waals surface area contributed by atoms with Crippen molar-refractivity contribution in [3.8, 4) is 0 Å². The molecule has 15 heavy (non-hydrogen) atoms. The first-order chi connectivity index (χ1) is 7.19. The summed E-state index contributed by atoms with van der Waals surface area (Å²) in [6.45, 7) is 5.70. The zero-order valence-electron chi connectivity index (χ0n) is 9.59. The summed E-state index contributed by atoms with van der Waals surface area (Å²) in [7, 11) is 1.95. The molecule has 6 heteroatoms. The van der Waals surface area contributed by atoms with Gasteiger partial charge in [0.05, 0.1) is 13.2 Å². The van der Waals surface area contributed by atoms with E-state index >= 15 is 0 Å². The summed E-state index contributed by atoms with van der Waals surface area (Å²) in [6, 6.07) is 0.122. The van der Waals surface area contributed by atoms with Crippen molar-refractivity contribution in [3.05, 3.63) is 5.82 Å². The second-order valence-corrected chi connectivity index (χ2v) is 3.76. The standard InChI is InChI=1S/C9H19N5O/c1-4-5-14-9(10-11-12-14)6-13(3)8(2)7-15/h8,15H,4-7H2,1-3H3. The first-order valence-corrected chi connectivity index (χ1v) is 5.25. The molecule has 0 aliphatic carbocycles. The quantitative estimate of drug-likeness (QED) is 0.714. The third-order valence-electron chi connectivity index (χ3n) is 2.45. The van der Waals surface area contributed by atoms with Gasteiger partial charge in [0.2, 0.25) is 0 Å². The lowest BCUT2D eigenvalue weighted by molar-refractivity contribution is 0.150. The van der Waals surface area contributed by atoms with Crippen LogP contribution in [-0.2, 0) is 13.1 Å². The Morgan fingerprint density at radius 1 is 1.53 bits per heavy atom. The SMILES string of the molecule is CCCn1nnnc1CN(C)C(C)CO. The number of aromatic nitrogens is 4. The maximum Gasteiger partial charge on any atom is 0.165 e. The molecule has 0 spiro atoms. The van der Waals surface area contributed by atoms with Gasteiger partial charge in [0.1, 0.15) is 0 Å². The average molecular weight is 213 g/mol. The molecule has 1 aromatic heterocycles.